The zero-order chi connectivity index (χ0) is 14.1. The number of anilines is 2. The molecule has 1 aromatic rings. The Balaban J connectivity index is 1.89. The van der Waals surface area contributed by atoms with E-state index in [0.29, 0.717) is 17.3 Å². The van der Waals surface area contributed by atoms with Crippen LogP contribution < -0.4 is 10.6 Å². The molecule has 106 valence electrons. The van der Waals surface area contributed by atoms with Gasteiger partial charge in [0, 0.05) is 0 Å². The average molecular weight is 274 g/mol. The minimum absolute atomic E-state index is 0.113. The molecule has 3 N–H and O–H groups in total. The first-order valence-corrected chi connectivity index (χ1v) is 7.10. The van der Waals surface area contributed by atoms with Gasteiger partial charge in [0.05, 0.1) is 16.9 Å². The summed E-state index contributed by atoms with van der Waals surface area (Å²) in [6.07, 6.45) is 5.68. The van der Waals surface area contributed by atoms with E-state index in [2.05, 4.69) is 10.6 Å². The second kappa shape index (κ2) is 5.15. The Morgan fingerprint density at radius 2 is 1.95 bits per heavy atom. The highest BCUT2D eigenvalue weighted by atomic mass is 16.4. The third kappa shape index (κ3) is 2.24. The largest absolute Gasteiger partial charge is 0.478 e. The van der Waals surface area contributed by atoms with Crippen LogP contribution in [-0.2, 0) is 4.79 Å². The minimum atomic E-state index is -1.03. The first kappa shape index (κ1) is 13.0. The number of benzene rings is 1. The molecule has 1 amide bonds. The van der Waals surface area contributed by atoms with Crippen LogP contribution in [0, 0.1) is 5.92 Å². The second-order valence-electron chi connectivity index (χ2n) is 5.54. The lowest BCUT2D eigenvalue weighted by Gasteiger charge is -2.34. The van der Waals surface area contributed by atoms with Crippen molar-refractivity contribution in [3.8, 4) is 0 Å². The van der Waals surface area contributed by atoms with Gasteiger partial charge in [-0.1, -0.05) is 25.3 Å². The molecule has 1 atom stereocenters. The van der Waals surface area contributed by atoms with E-state index in [4.69, 9.17) is 5.11 Å². The number of fused-ring (bicyclic) bond motifs is 1. The molecule has 1 saturated carbocycles. The van der Waals surface area contributed by atoms with Crippen LogP contribution in [0.2, 0.25) is 0 Å². The number of carboxylic acid groups (broad SMARTS) is 1. The van der Waals surface area contributed by atoms with E-state index in [1.165, 1.54) is 12.5 Å². The summed E-state index contributed by atoms with van der Waals surface area (Å²) in [6, 6.07) is 4.78. The smallest absolute Gasteiger partial charge is 0.337 e. The Hall–Kier alpha value is -2.04. The molecule has 0 bridgehead atoms. The molecular weight excluding hydrogens is 256 g/mol. The molecule has 0 spiro atoms. The number of nitrogens with one attached hydrogen (secondary N) is 2. The van der Waals surface area contributed by atoms with E-state index < -0.39 is 5.97 Å². The maximum absolute atomic E-state index is 12.3. The molecule has 2 aliphatic rings. The molecule has 0 saturated heterocycles. The van der Waals surface area contributed by atoms with Crippen LogP contribution in [0.1, 0.15) is 42.5 Å². The fourth-order valence-electron chi connectivity index (χ4n) is 3.22. The monoisotopic (exact) mass is 274 g/mol. The van der Waals surface area contributed by atoms with E-state index in [0.717, 1.165) is 25.7 Å². The van der Waals surface area contributed by atoms with Crippen molar-refractivity contribution in [1.82, 2.24) is 0 Å². The third-order valence-corrected chi connectivity index (χ3v) is 4.26. The number of para-hydroxylation sites is 1. The molecule has 0 aromatic heterocycles. The highest BCUT2D eigenvalue weighted by Crippen LogP contribution is 2.35. The lowest BCUT2D eigenvalue weighted by molar-refractivity contribution is -0.118. The fraction of sp³-hybridized carbons (Fsp3) is 0.467. The first-order valence-electron chi connectivity index (χ1n) is 7.10. The van der Waals surface area contributed by atoms with E-state index in [-0.39, 0.29) is 17.5 Å². The van der Waals surface area contributed by atoms with Crippen molar-refractivity contribution in [2.45, 2.75) is 38.1 Å². The van der Waals surface area contributed by atoms with Gasteiger partial charge in [-0.3, -0.25) is 4.79 Å². The second-order valence-corrected chi connectivity index (χ2v) is 5.54. The summed E-state index contributed by atoms with van der Waals surface area (Å²) in [4.78, 5) is 23.4. The molecule has 1 aliphatic heterocycles. The Morgan fingerprint density at radius 1 is 1.20 bits per heavy atom. The van der Waals surface area contributed by atoms with Gasteiger partial charge in [-0.2, -0.15) is 0 Å². The Labute approximate surface area is 117 Å². The summed E-state index contributed by atoms with van der Waals surface area (Å²) in [6.45, 7) is 0. The molecule has 1 aliphatic carbocycles. The van der Waals surface area contributed by atoms with Crippen LogP contribution in [0.5, 0.6) is 0 Å². The van der Waals surface area contributed by atoms with Gasteiger partial charge in [0.15, 0.2) is 0 Å². The highest BCUT2D eigenvalue weighted by Gasteiger charge is 2.34. The highest BCUT2D eigenvalue weighted by molar-refractivity contribution is 6.09. The number of carbonyl (C=O) groups excluding carboxylic acids is 1. The van der Waals surface area contributed by atoms with Crippen LogP contribution in [-0.4, -0.2) is 23.0 Å². The molecule has 1 fully saturated rings. The van der Waals surface area contributed by atoms with Crippen LogP contribution >= 0.6 is 0 Å². The zero-order valence-electron chi connectivity index (χ0n) is 11.2. The molecule has 5 nitrogen and oxygen atoms in total. The van der Waals surface area contributed by atoms with Crippen molar-refractivity contribution in [3.05, 3.63) is 23.8 Å². The van der Waals surface area contributed by atoms with E-state index >= 15 is 0 Å². The van der Waals surface area contributed by atoms with Crippen molar-refractivity contribution < 1.29 is 14.7 Å². The third-order valence-electron chi connectivity index (χ3n) is 4.26. The molecule has 5 heteroatoms. The topological polar surface area (TPSA) is 78.4 Å². The predicted molar refractivity (Wildman–Crippen MR) is 76.0 cm³/mol. The van der Waals surface area contributed by atoms with Gasteiger partial charge in [0.1, 0.15) is 6.04 Å². The molecule has 1 aromatic carbocycles. The maximum Gasteiger partial charge on any atom is 0.337 e. The summed E-state index contributed by atoms with van der Waals surface area (Å²) >= 11 is 0. The Bertz CT molecular complexity index is 550. The molecule has 1 heterocycles. The molecule has 20 heavy (non-hydrogen) atoms. The van der Waals surface area contributed by atoms with Crippen LogP contribution in [0.15, 0.2) is 18.2 Å². The van der Waals surface area contributed by atoms with Crippen LogP contribution in [0.25, 0.3) is 0 Å². The summed E-state index contributed by atoms with van der Waals surface area (Å²) < 4.78 is 0. The zero-order valence-corrected chi connectivity index (χ0v) is 11.2. The quantitative estimate of drug-likeness (QED) is 0.774. The van der Waals surface area contributed by atoms with Crippen molar-refractivity contribution in [1.29, 1.82) is 0 Å². The van der Waals surface area contributed by atoms with Crippen molar-refractivity contribution >= 4 is 23.3 Å². The molecule has 1 unspecified atom stereocenters. The van der Waals surface area contributed by atoms with Gasteiger partial charge >= 0.3 is 5.97 Å². The van der Waals surface area contributed by atoms with Crippen molar-refractivity contribution in [2.75, 3.05) is 10.6 Å². The standard InChI is InChI=1S/C15H18N2O3/c18-14-12(9-5-2-1-3-6-9)16-11-8-4-7-10(15(19)20)13(11)17-14/h4,7-9,12,16H,1-3,5-6H2,(H,17,18)(H,19,20). The van der Waals surface area contributed by atoms with Gasteiger partial charge in [0.2, 0.25) is 5.91 Å². The summed E-state index contributed by atoms with van der Waals surface area (Å²) in [5, 5.41) is 15.2. The lowest BCUT2D eigenvalue weighted by atomic mass is 9.82. The van der Waals surface area contributed by atoms with E-state index in [9.17, 15) is 9.59 Å². The average Bonchev–Trinajstić information content (AvgIpc) is 2.46. The molecular formula is C15H18N2O3. The first-order chi connectivity index (χ1) is 9.66. The summed E-state index contributed by atoms with van der Waals surface area (Å²) in [7, 11) is 0. The molecule has 3 rings (SSSR count). The number of carboxylic acids is 1. The van der Waals surface area contributed by atoms with E-state index in [1.807, 2.05) is 6.07 Å². The number of carbonyl (C=O) groups is 2. The lowest BCUT2D eigenvalue weighted by Crippen LogP contribution is -2.45. The normalized spacial score (nSPS) is 22.6. The van der Waals surface area contributed by atoms with Gasteiger partial charge in [-0.25, -0.2) is 4.79 Å². The summed E-state index contributed by atoms with van der Waals surface area (Å²) in [5.74, 6) is -0.802. The predicted octanol–water partition coefficient (Wildman–Crippen LogP) is 2.70. The van der Waals surface area contributed by atoms with Gasteiger partial charge in [-0.15, -0.1) is 0 Å². The van der Waals surface area contributed by atoms with Gasteiger partial charge in [-0.05, 0) is 30.9 Å². The number of hydrogen-bond donors (Lipinski definition) is 3. The number of aromatic carboxylic acids is 1. The Kier molecular flexibility index (Phi) is 3.34. The van der Waals surface area contributed by atoms with Crippen LogP contribution in [0.3, 0.4) is 0 Å². The maximum atomic E-state index is 12.3. The SMILES string of the molecule is O=C(O)c1cccc2c1NC(=O)C(C1CCCCC1)N2. The molecule has 0 radical (unpaired) electrons. The van der Waals surface area contributed by atoms with E-state index in [1.54, 1.807) is 6.07 Å². The van der Waals surface area contributed by atoms with Crippen molar-refractivity contribution in [2.24, 2.45) is 5.92 Å². The Morgan fingerprint density at radius 3 is 2.65 bits per heavy atom. The van der Waals surface area contributed by atoms with Crippen LogP contribution in [0.4, 0.5) is 11.4 Å². The van der Waals surface area contributed by atoms with Gasteiger partial charge in [0.25, 0.3) is 0 Å². The van der Waals surface area contributed by atoms with Crippen molar-refractivity contribution in [3.63, 3.8) is 0 Å². The van der Waals surface area contributed by atoms with Gasteiger partial charge < -0.3 is 15.7 Å². The summed E-state index contributed by atoms with van der Waals surface area (Å²) in [5.41, 5.74) is 1.22. The fourth-order valence-corrected chi connectivity index (χ4v) is 3.22. The number of hydrogen-bond acceptors (Lipinski definition) is 3. The minimum Gasteiger partial charge on any atom is -0.478 e. The number of amides is 1. The number of rotatable bonds is 2.